The Morgan fingerprint density at radius 2 is 1.83 bits per heavy atom. The minimum Gasteiger partial charge on any atom is -0.452 e. The largest absolute Gasteiger partial charge is 0.452 e. The molecule has 0 fully saturated rings. The smallest absolute Gasteiger partial charge is 0.340 e. The zero-order valence-electron chi connectivity index (χ0n) is 13.5. The second-order valence-corrected chi connectivity index (χ2v) is 5.35. The Morgan fingerprint density at radius 3 is 2.46 bits per heavy atom. The quantitative estimate of drug-likeness (QED) is 0.811. The predicted octanol–water partition coefficient (Wildman–Crippen LogP) is 1.50. The monoisotopic (exact) mass is 329 g/mol. The number of nitrogens with two attached hydrogens (primary N) is 1. The average molecular weight is 329 g/mol. The van der Waals surface area contributed by atoms with E-state index in [-0.39, 0.29) is 0 Å². The molecule has 0 radical (unpaired) electrons. The van der Waals surface area contributed by atoms with Crippen molar-refractivity contribution in [2.24, 2.45) is 5.73 Å². The number of esters is 1. The third kappa shape index (κ3) is 4.22. The number of urea groups is 1. The summed E-state index contributed by atoms with van der Waals surface area (Å²) in [6.45, 7) is 3.78. The van der Waals surface area contributed by atoms with Crippen molar-refractivity contribution < 1.29 is 19.1 Å². The molecular weight excluding hydrogens is 310 g/mol. The highest BCUT2D eigenvalue weighted by Crippen LogP contribution is 2.18. The van der Waals surface area contributed by atoms with Crippen LogP contribution in [0.3, 0.4) is 0 Å². The maximum atomic E-state index is 12.1. The number of amides is 3. The number of aryl methyl sites for hydroxylation is 1. The van der Waals surface area contributed by atoms with Crippen LogP contribution in [0.1, 0.15) is 27.3 Å². The van der Waals surface area contributed by atoms with Crippen LogP contribution in [0.2, 0.25) is 0 Å². The highest BCUT2D eigenvalue weighted by molar-refractivity contribution is 5.96. The third-order valence-corrected chi connectivity index (χ3v) is 3.57. The first-order chi connectivity index (χ1) is 11.4. The van der Waals surface area contributed by atoms with Crippen LogP contribution in [0, 0.1) is 13.8 Å². The van der Waals surface area contributed by atoms with E-state index in [2.05, 4.69) is 0 Å². The standard InChI is InChI=1S/C17H19N3O4/c1-11-8-14(16(22)24-10-15(21)19-17(18)23)12(2)20(11)9-13-6-4-3-5-7-13/h3-8H,9-10H2,1-2H3,(H3,18,19,21,23). The van der Waals surface area contributed by atoms with Crippen LogP contribution in [-0.4, -0.2) is 29.1 Å². The van der Waals surface area contributed by atoms with Gasteiger partial charge in [-0.25, -0.2) is 9.59 Å². The van der Waals surface area contributed by atoms with Gasteiger partial charge in [0.1, 0.15) is 0 Å². The molecule has 0 aliphatic heterocycles. The first-order valence-corrected chi connectivity index (χ1v) is 7.35. The molecule has 0 bridgehead atoms. The van der Waals surface area contributed by atoms with Crippen molar-refractivity contribution in [3.8, 4) is 0 Å². The van der Waals surface area contributed by atoms with Gasteiger partial charge in [-0.05, 0) is 25.5 Å². The van der Waals surface area contributed by atoms with E-state index in [4.69, 9.17) is 10.5 Å². The number of imide groups is 1. The van der Waals surface area contributed by atoms with Crippen LogP contribution in [0.25, 0.3) is 0 Å². The van der Waals surface area contributed by atoms with E-state index in [1.807, 2.05) is 54.1 Å². The maximum Gasteiger partial charge on any atom is 0.340 e. The van der Waals surface area contributed by atoms with E-state index in [1.54, 1.807) is 6.07 Å². The van der Waals surface area contributed by atoms with Crippen LogP contribution < -0.4 is 11.1 Å². The van der Waals surface area contributed by atoms with E-state index in [9.17, 15) is 14.4 Å². The zero-order valence-corrected chi connectivity index (χ0v) is 13.5. The van der Waals surface area contributed by atoms with Crippen LogP contribution in [-0.2, 0) is 16.1 Å². The van der Waals surface area contributed by atoms with Crippen molar-refractivity contribution in [2.45, 2.75) is 20.4 Å². The molecule has 3 amide bonds. The summed E-state index contributed by atoms with van der Waals surface area (Å²) in [5.74, 6) is -1.39. The molecule has 1 aromatic heterocycles. The summed E-state index contributed by atoms with van der Waals surface area (Å²) < 4.78 is 6.91. The van der Waals surface area contributed by atoms with Crippen LogP contribution in [0.5, 0.6) is 0 Å². The van der Waals surface area contributed by atoms with E-state index < -0.39 is 24.5 Å². The Balaban J connectivity index is 2.08. The molecule has 126 valence electrons. The van der Waals surface area contributed by atoms with Crippen LogP contribution in [0.15, 0.2) is 36.4 Å². The van der Waals surface area contributed by atoms with Gasteiger partial charge in [0, 0.05) is 17.9 Å². The number of nitrogens with zero attached hydrogens (tertiary/aromatic N) is 1. The van der Waals surface area contributed by atoms with Gasteiger partial charge in [0.15, 0.2) is 6.61 Å². The molecule has 0 aliphatic rings. The first-order valence-electron chi connectivity index (χ1n) is 7.35. The van der Waals surface area contributed by atoms with E-state index in [0.717, 1.165) is 17.0 Å². The Kier molecular flexibility index (Phi) is 5.36. The highest BCUT2D eigenvalue weighted by atomic mass is 16.5. The minimum absolute atomic E-state index is 0.385. The van der Waals surface area contributed by atoms with Crippen molar-refractivity contribution in [1.82, 2.24) is 9.88 Å². The lowest BCUT2D eigenvalue weighted by molar-refractivity contribution is -0.123. The summed E-state index contributed by atoms with van der Waals surface area (Å²) in [7, 11) is 0. The zero-order chi connectivity index (χ0) is 17.7. The molecule has 0 atom stereocenters. The van der Waals surface area contributed by atoms with Crippen LogP contribution >= 0.6 is 0 Å². The van der Waals surface area contributed by atoms with Crippen molar-refractivity contribution in [1.29, 1.82) is 0 Å². The van der Waals surface area contributed by atoms with Gasteiger partial charge < -0.3 is 15.0 Å². The molecule has 2 rings (SSSR count). The Labute approximate surface area is 139 Å². The maximum absolute atomic E-state index is 12.1. The number of ether oxygens (including phenoxy) is 1. The number of benzene rings is 1. The molecule has 1 aromatic carbocycles. The summed E-state index contributed by atoms with van der Waals surface area (Å²) in [5.41, 5.74) is 7.97. The van der Waals surface area contributed by atoms with Gasteiger partial charge in [0.2, 0.25) is 0 Å². The minimum atomic E-state index is -0.989. The summed E-state index contributed by atoms with van der Waals surface area (Å²) in [5, 5.41) is 1.83. The number of rotatable bonds is 5. The molecule has 0 spiro atoms. The number of nitrogens with one attached hydrogen (secondary N) is 1. The summed E-state index contributed by atoms with van der Waals surface area (Å²) >= 11 is 0. The SMILES string of the molecule is Cc1cc(C(=O)OCC(=O)NC(N)=O)c(C)n1Cc1ccccc1. The van der Waals surface area contributed by atoms with Crippen molar-refractivity contribution in [3.05, 3.63) is 58.9 Å². The van der Waals surface area contributed by atoms with Gasteiger partial charge in [0.05, 0.1) is 5.56 Å². The van der Waals surface area contributed by atoms with Gasteiger partial charge in [-0.3, -0.25) is 10.1 Å². The Hall–Kier alpha value is -3.09. The number of hydrogen-bond donors (Lipinski definition) is 2. The summed E-state index contributed by atoms with van der Waals surface area (Å²) in [4.78, 5) is 34.0. The molecule has 0 aliphatic carbocycles. The lowest BCUT2D eigenvalue weighted by Crippen LogP contribution is -2.37. The lowest BCUT2D eigenvalue weighted by atomic mass is 10.2. The summed E-state index contributed by atoms with van der Waals surface area (Å²) in [6, 6.07) is 10.6. The second kappa shape index (κ2) is 7.45. The number of primary amides is 1. The Bertz CT molecular complexity index is 766. The lowest BCUT2D eigenvalue weighted by Gasteiger charge is -2.10. The molecule has 7 heteroatoms. The van der Waals surface area contributed by atoms with Gasteiger partial charge >= 0.3 is 12.0 Å². The topological polar surface area (TPSA) is 103 Å². The van der Waals surface area contributed by atoms with E-state index in [0.29, 0.717) is 12.1 Å². The van der Waals surface area contributed by atoms with Crippen molar-refractivity contribution in [3.63, 3.8) is 0 Å². The normalized spacial score (nSPS) is 10.2. The number of aromatic nitrogens is 1. The molecule has 24 heavy (non-hydrogen) atoms. The van der Waals surface area contributed by atoms with Crippen LogP contribution in [0.4, 0.5) is 4.79 Å². The number of carbonyl (C=O) groups is 3. The first kappa shape index (κ1) is 17.3. The van der Waals surface area contributed by atoms with Crippen molar-refractivity contribution >= 4 is 17.9 Å². The average Bonchev–Trinajstić information content (AvgIpc) is 2.81. The molecule has 0 unspecified atom stereocenters. The molecule has 3 N–H and O–H groups in total. The van der Waals surface area contributed by atoms with Gasteiger partial charge in [-0.2, -0.15) is 0 Å². The predicted molar refractivity (Wildman–Crippen MR) is 87.5 cm³/mol. The molecule has 7 nitrogen and oxygen atoms in total. The van der Waals surface area contributed by atoms with Gasteiger partial charge in [-0.1, -0.05) is 30.3 Å². The van der Waals surface area contributed by atoms with Gasteiger partial charge in [0.25, 0.3) is 5.91 Å². The number of hydrogen-bond acceptors (Lipinski definition) is 4. The fourth-order valence-corrected chi connectivity index (χ4v) is 2.40. The molecule has 2 aromatic rings. The number of carbonyl (C=O) groups excluding carboxylic acids is 3. The van der Waals surface area contributed by atoms with Crippen molar-refractivity contribution in [2.75, 3.05) is 6.61 Å². The Morgan fingerprint density at radius 1 is 1.17 bits per heavy atom. The third-order valence-electron chi connectivity index (χ3n) is 3.57. The molecule has 0 saturated carbocycles. The molecular formula is C17H19N3O4. The highest BCUT2D eigenvalue weighted by Gasteiger charge is 2.18. The molecule has 1 heterocycles. The molecule has 0 saturated heterocycles. The van der Waals surface area contributed by atoms with E-state index in [1.165, 1.54) is 0 Å². The fraction of sp³-hybridized carbons (Fsp3) is 0.235. The van der Waals surface area contributed by atoms with Gasteiger partial charge in [-0.15, -0.1) is 0 Å². The van der Waals surface area contributed by atoms with E-state index >= 15 is 0 Å². The second-order valence-electron chi connectivity index (χ2n) is 5.35. The summed E-state index contributed by atoms with van der Waals surface area (Å²) in [6.07, 6.45) is 0. The fourth-order valence-electron chi connectivity index (χ4n) is 2.40.